The Hall–Kier alpha value is -2.97. The first-order chi connectivity index (χ1) is 12.4. The minimum absolute atomic E-state index is 0.0458. The molecule has 2 aromatic carbocycles. The predicted octanol–water partition coefficient (Wildman–Crippen LogP) is 2.48. The zero-order valence-electron chi connectivity index (χ0n) is 14.3. The van der Waals surface area contributed by atoms with E-state index in [1.807, 2.05) is 30.3 Å². The third-order valence-corrected chi connectivity index (χ3v) is 5.26. The second-order valence-corrected chi connectivity index (χ2v) is 7.66. The summed E-state index contributed by atoms with van der Waals surface area (Å²) in [6.45, 7) is 0. The van der Waals surface area contributed by atoms with Gasteiger partial charge in [0, 0.05) is 14.1 Å². The molecule has 134 valence electrons. The van der Waals surface area contributed by atoms with Gasteiger partial charge in [0.1, 0.15) is 5.75 Å². The molecule has 0 radical (unpaired) electrons. The molecule has 0 saturated heterocycles. The van der Waals surface area contributed by atoms with Crippen LogP contribution in [0.15, 0.2) is 54.6 Å². The van der Waals surface area contributed by atoms with Gasteiger partial charge < -0.3 is 5.11 Å². The molecule has 1 N–H and O–H groups in total. The van der Waals surface area contributed by atoms with Crippen LogP contribution in [0.3, 0.4) is 0 Å². The van der Waals surface area contributed by atoms with Crippen LogP contribution >= 0.6 is 0 Å². The van der Waals surface area contributed by atoms with Crippen molar-refractivity contribution in [1.82, 2.24) is 18.5 Å². The van der Waals surface area contributed by atoms with E-state index < -0.39 is 10.2 Å². The number of rotatable bonds is 5. The Kier molecular flexibility index (Phi) is 4.88. The van der Waals surface area contributed by atoms with Crippen LogP contribution in [0, 0.1) is 0 Å². The van der Waals surface area contributed by atoms with Gasteiger partial charge in [-0.3, -0.25) is 0 Å². The lowest BCUT2D eigenvalue weighted by atomic mass is 10.2. The summed E-state index contributed by atoms with van der Waals surface area (Å²) in [7, 11) is -1.09. The van der Waals surface area contributed by atoms with Crippen molar-refractivity contribution < 1.29 is 13.5 Å². The van der Waals surface area contributed by atoms with E-state index in [9.17, 15) is 13.5 Å². The molecule has 7 nitrogen and oxygen atoms in total. The van der Waals surface area contributed by atoms with E-state index in [2.05, 4.69) is 10.1 Å². The summed E-state index contributed by atoms with van der Waals surface area (Å²) in [5, 5.41) is 14.2. The number of phenols is 1. The van der Waals surface area contributed by atoms with Crippen LogP contribution < -0.4 is 0 Å². The number of aromatic nitrogens is 3. The van der Waals surface area contributed by atoms with Crippen LogP contribution in [0.25, 0.3) is 23.5 Å². The number of hydrogen-bond donors (Lipinski definition) is 1. The molecule has 3 rings (SSSR count). The van der Waals surface area contributed by atoms with E-state index >= 15 is 0 Å². The van der Waals surface area contributed by atoms with Gasteiger partial charge >= 0.3 is 10.2 Å². The minimum Gasteiger partial charge on any atom is -0.507 e. The number of benzene rings is 2. The molecule has 0 aliphatic carbocycles. The van der Waals surface area contributed by atoms with Crippen molar-refractivity contribution >= 4 is 22.4 Å². The molecule has 0 unspecified atom stereocenters. The van der Waals surface area contributed by atoms with Crippen molar-refractivity contribution in [1.29, 1.82) is 0 Å². The maximum atomic E-state index is 12.6. The lowest BCUT2D eigenvalue weighted by Crippen LogP contribution is -2.30. The highest BCUT2D eigenvalue weighted by molar-refractivity contribution is 7.87. The van der Waals surface area contributed by atoms with Crippen molar-refractivity contribution in [3.05, 3.63) is 66.0 Å². The molecular formula is C18H18N4O3S. The van der Waals surface area contributed by atoms with Crippen LogP contribution in [0.1, 0.15) is 11.4 Å². The predicted molar refractivity (Wildman–Crippen MR) is 100 cm³/mol. The van der Waals surface area contributed by atoms with Gasteiger partial charge in [0.25, 0.3) is 0 Å². The Morgan fingerprint density at radius 3 is 2.31 bits per heavy atom. The van der Waals surface area contributed by atoms with E-state index in [-0.39, 0.29) is 23.0 Å². The van der Waals surface area contributed by atoms with Crippen molar-refractivity contribution in [2.75, 3.05) is 14.1 Å². The molecular weight excluding hydrogens is 352 g/mol. The number of para-hydroxylation sites is 1. The molecule has 3 aromatic rings. The van der Waals surface area contributed by atoms with Gasteiger partial charge in [-0.1, -0.05) is 48.5 Å². The number of phenolic OH excluding ortho intramolecular Hbond substituents is 1. The quantitative estimate of drug-likeness (QED) is 0.745. The van der Waals surface area contributed by atoms with Crippen LogP contribution in [0.4, 0.5) is 0 Å². The zero-order valence-corrected chi connectivity index (χ0v) is 15.1. The molecule has 0 bridgehead atoms. The summed E-state index contributed by atoms with van der Waals surface area (Å²) < 4.78 is 27.1. The maximum absolute atomic E-state index is 12.6. The third-order valence-electron chi connectivity index (χ3n) is 3.64. The average Bonchev–Trinajstić information content (AvgIpc) is 3.06. The van der Waals surface area contributed by atoms with Gasteiger partial charge in [0.05, 0.1) is 5.56 Å². The van der Waals surface area contributed by atoms with Gasteiger partial charge in [-0.05, 0) is 23.8 Å². The maximum Gasteiger partial charge on any atom is 0.324 e. The fourth-order valence-electron chi connectivity index (χ4n) is 2.26. The summed E-state index contributed by atoms with van der Waals surface area (Å²) in [5.41, 5.74) is 1.22. The second kappa shape index (κ2) is 7.11. The molecule has 1 aromatic heterocycles. The molecule has 0 atom stereocenters. The van der Waals surface area contributed by atoms with E-state index in [1.54, 1.807) is 30.4 Å². The minimum atomic E-state index is -3.90. The van der Waals surface area contributed by atoms with E-state index in [4.69, 9.17) is 0 Å². The first-order valence-corrected chi connectivity index (χ1v) is 9.21. The molecule has 0 amide bonds. The van der Waals surface area contributed by atoms with E-state index in [1.165, 1.54) is 20.2 Å². The van der Waals surface area contributed by atoms with E-state index in [0.717, 1.165) is 14.0 Å². The highest BCUT2D eigenvalue weighted by atomic mass is 32.2. The third kappa shape index (κ3) is 3.51. The van der Waals surface area contributed by atoms with Crippen LogP contribution in [0.5, 0.6) is 5.75 Å². The Morgan fingerprint density at radius 1 is 1.00 bits per heavy atom. The lowest BCUT2D eigenvalue weighted by Gasteiger charge is -2.12. The van der Waals surface area contributed by atoms with Gasteiger partial charge in [0.2, 0.25) is 0 Å². The first kappa shape index (κ1) is 17.8. The highest BCUT2D eigenvalue weighted by Crippen LogP contribution is 2.28. The molecule has 0 fully saturated rings. The largest absolute Gasteiger partial charge is 0.507 e. The molecule has 0 spiro atoms. The standard InChI is InChI=1S/C18H18N4O3S/c1-21(2)26(24,25)22-18(15-10-6-7-11-16(15)23)19-17(20-22)13-12-14-8-4-3-5-9-14/h3-13,23H,1-2H3. The van der Waals surface area contributed by atoms with Crippen molar-refractivity contribution in [3.63, 3.8) is 0 Å². The SMILES string of the molecule is CN(C)S(=O)(=O)n1nc(C=Cc2ccccc2)nc1-c1ccccc1O. The molecule has 1 heterocycles. The second-order valence-electron chi connectivity index (χ2n) is 5.69. The lowest BCUT2D eigenvalue weighted by molar-refractivity contribution is 0.476. The molecule has 0 aliphatic rings. The Balaban J connectivity index is 2.12. The van der Waals surface area contributed by atoms with Gasteiger partial charge in [-0.2, -0.15) is 12.7 Å². The van der Waals surface area contributed by atoms with Crippen molar-refractivity contribution in [3.8, 4) is 17.1 Å². The molecule has 0 saturated carbocycles. The van der Waals surface area contributed by atoms with Crippen LogP contribution in [-0.4, -0.2) is 46.1 Å². The summed E-state index contributed by atoms with van der Waals surface area (Å²) in [5.74, 6) is 0.190. The van der Waals surface area contributed by atoms with Crippen LogP contribution in [0.2, 0.25) is 0 Å². The van der Waals surface area contributed by atoms with Gasteiger partial charge in [-0.15, -0.1) is 9.19 Å². The Bertz CT molecular complexity index is 1040. The van der Waals surface area contributed by atoms with Gasteiger partial charge in [-0.25, -0.2) is 4.98 Å². The number of nitrogens with zero attached hydrogens (tertiary/aromatic N) is 4. The fraction of sp³-hybridized carbons (Fsp3) is 0.111. The van der Waals surface area contributed by atoms with E-state index in [0.29, 0.717) is 0 Å². The van der Waals surface area contributed by atoms with Crippen molar-refractivity contribution in [2.24, 2.45) is 0 Å². The molecule has 0 aliphatic heterocycles. The summed E-state index contributed by atoms with van der Waals surface area (Å²) in [6.07, 6.45) is 3.41. The fourth-order valence-corrected chi connectivity index (χ4v) is 3.12. The Labute approximate surface area is 152 Å². The van der Waals surface area contributed by atoms with Crippen molar-refractivity contribution in [2.45, 2.75) is 0 Å². The normalized spacial score (nSPS) is 12.1. The molecule has 26 heavy (non-hydrogen) atoms. The zero-order chi connectivity index (χ0) is 18.7. The number of aromatic hydroxyl groups is 1. The summed E-state index contributed by atoms with van der Waals surface area (Å²) >= 11 is 0. The number of hydrogen-bond acceptors (Lipinski definition) is 5. The first-order valence-electron chi connectivity index (χ1n) is 7.81. The van der Waals surface area contributed by atoms with Gasteiger partial charge in [0.15, 0.2) is 11.6 Å². The average molecular weight is 370 g/mol. The summed E-state index contributed by atoms with van der Waals surface area (Å²) in [6, 6.07) is 15.9. The smallest absolute Gasteiger partial charge is 0.324 e. The Morgan fingerprint density at radius 2 is 1.65 bits per heavy atom. The highest BCUT2D eigenvalue weighted by Gasteiger charge is 2.25. The monoisotopic (exact) mass is 370 g/mol. The topological polar surface area (TPSA) is 88.3 Å². The summed E-state index contributed by atoms with van der Waals surface area (Å²) in [4.78, 5) is 4.30. The van der Waals surface area contributed by atoms with Crippen LogP contribution in [-0.2, 0) is 10.2 Å². The molecule has 8 heteroatoms.